The molecule has 3 rings (SSSR count). The maximum Gasteiger partial charge on any atom is 0.288 e. The number of aromatic nitrogens is 3. The number of fused-ring (bicyclic) bond motifs is 1. The van der Waals surface area contributed by atoms with Crippen molar-refractivity contribution in [3.05, 3.63) is 70.0 Å². The Bertz CT molecular complexity index is 793. The minimum atomic E-state index is -0.287. The number of hydrogen-bond acceptors (Lipinski definition) is 3. The molecule has 5 heteroatoms. The molecule has 2 aromatic heterocycles. The number of rotatable bonds is 2. The Balaban J connectivity index is 2.11. The van der Waals surface area contributed by atoms with Gasteiger partial charge in [0.05, 0.1) is 12.1 Å². The summed E-state index contributed by atoms with van der Waals surface area (Å²) in [6.07, 6.45) is 4.89. The van der Waals surface area contributed by atoms with Crippen LogP contribution in [0.25, 0.3) is 10.9 Å². The zero-order chi connectivity index (χ0) is 13.2. The smallest absolute Gasteiger partial charge is 0.288 e. The second kappa shape index (κ2) is 4.82. The lowest BCUT2D eigenvalue weighted by molar-refractivity contribution is 0.752. The van der Waals surface area contributed by atoms with Gasteiger partial charge in [-0.2, -0.15) is 0 Å². The molecule has 0 bridgehead atoms. The molecule has 0 saturated heterocycles. The van der Waals surface area contributed by atoms with E-state index in [4.69, 9.17) is 11.6 Å². The molecule has 0 amide bonds. The highest BCUT2D eigenvalue weighted by atomic mass is 35.5. The predicted molar refractivity (Wildman–Crippen MR) is 74.4 cm³/mol. The molecule has 0 saturated carbocycles. The molecule has 0 unspecified atom stereocenters. The number of pyridine rings is 1. The first-order valence-electron chi connectivity index (χ1n) is 5.79. The second-order valence-corrected chi connectivity index (χ2v) is 4.50. The molecule has 0 aliphatic heterocycles. The number of hydrogen-bond donors (Lipinski definition) is 0. The first-order valence-corrected chi connectivity index (χ1v) is 6.17. The van der Waals surface area contributed by atoms with Gasteiger partial charge in [0, 0.05) is 24.0 Å². The minimum Gasteiger partial charge on any atom is -0.307 e. The first-order chi connectivity index (χ1) is 9.25. The number of nitrogens with zero attached hydrogens (tertiary/aromatic N) is 3. The summed E-state index contributed by atoms with van der Waals surface area (Å²) in [4.78, 5) is 19.9. The van der Waals surface area contributed by atoms with E-state index in [1.54, 1.807) is 12.4 Å². The summed E-state index contributed by atoms with van der Waals surface area (Å²) in [5.74, 6) is 0. The summed E-state index contributed by atoms with van der Waals surface area (Å²) in [5.41, 5.74) is 1.65. The summed E-state index contributed by atoms with van der Waals surface area (Å²) in [5, 5.41) is 1.02. The van der Waals surface area contributed by atoms with Crippen LogP contribution in [-0.4, -0.2) is 14.5 Å². The summed E-state index contributed by atoms with van der Waals surface area (Å²) < 4.78 is 1.54. The second-order valence-electron chi connectivity index (χ2n) is 4.14. The molecule has 94 valence electrons. The normalized spacial score (nSPS) is 10.8. The molecule has 2 heterocycles. The fourth-order valence-corrected chi connectivity index (χ4v) is 2.19. The van der Waals surface area contributed by atoms with Crippen molar-refractivity contribution in [2.75, 3.05) is 0 Å². The van der Waals surface area contributed by atoms with Crippen molar-refractivity contribution in [1.29, 1.82) is 0 Å². The first kappa shape index (κ1) is 11.9. The fraction of sp³-hybridized carbons (Fsp3) is 0.0714. The molecule has 0 atom stereocenters. The zero-order valence-corrected chi connectivity index (χ0v) is 10.7. The number of halogens is 1. The van der Waals surface area contributed by atoms with E-state index in [1.807, 2.05) is 30.3 Å². The SMILES string of the molecule is O=c1c(Cl)nccn1Cc1ccnc2ccccc12. The van der Waals surface area contributed by atoms with Gasteiger partial charge in [-0.1, -0.05) is 29.8 Å². The molecule has 0 aliphatic carbocycles. The Hall–Kier alpha value is -2.20. The molecule has 19 heavy (non-hydrogen) atoms. The van der Waals surface area contributed by atoms with Gasteiger partial charge in [0.1, 0.15) is 0 Å². The average molecular weight is 272 g/mol. The van der Waals surface area contributed by atoms with Crippen molar-refractivity contribution >= 4 is 22.5 Å². The van der Waals surface area contributed by atoms with Gasteiger partial charge in [-0.3, -0.25) is 9.78 Å². The number of para-hydroxylation sites is 1. The lowest BCUT2D eigenvalue weighted by Gasteiger charge is -2.08. The van der Waals surface area contributed by atoms with Crippen LogP contribution >= 0.6 is 11.6 Å². The van der Waals surface area contributed by atoms with Gasteiger partial charge >= 0.3 is 0 Å². The Labute approximate surface area is 114 Å². The highest BCUT2D eigenvalue weighted by Gasteiger charge is 2.05. The molecule has 0 fully saturated rings. The fourth-order valence-electron chi connectivity index (χ4n) is 2.02. The van der Waals surface area contributed by atoms with Crippen molar-refractivity contribution in [1.82, 2.24) is 14.5 Å². The van der Waals surface area contributed by atoms with Gasteiger partial charge in [-0.15, -0.1) is 0 Å². The third kappa shape index (κ3) is 2.22. The molecular formula is C14H10ClN3O. The highest BCUT2D eigenvalue weighted by Crippen LogP contribution is 2.16. The van der Waals surface area contributed by atoms with Crippen LogP contribution in [0.2, 0.25) is 5.15 Å². The molecule has 3 aromatic rings. The highest BCUT2D eigenvalue weighted by molar-refractivity contribution is 6.29. The molecule has 0 spiro atoms. The van der Waals surface area contributed by atoms with Crippen molar-refractivity contribution in [3.8, 4) is 0 Å². The Morgan fingerprint density at radius 2 is 1.95 bits per heavy atom. The van der Waals surface area contributed by atoms with Crippen LogP contribution in [-0.2, 0) is 6.54 Å². The summed E-state index contributed by atoms with van der Waals surface area (Å²) >= 11 is 5.74. The van der Waals surface area contributed by atoms with Crippen LogP contribution in [0.1, 0.15) is 5.56 Å². The Kier molecular flexibility index (Phi) is 3.01. The van der Waals surface area contributed by atoms with E-state index in [-0.39, 0.29) is 10.7 Å². The van der Waals surface area contributed by atoms with Gasteiger partial charge in [-0.05, 0) is 17.7 Å². The van der Waals surface area contributed by atoms with Crippen LogP contribution in [0, 0.1) is 0 Å². The summed E-state index contributed by atoms with van der Waals surface area (Å²) in [6, 6.07) is 9.74. The largest absolute Gasteiger partial charge is 0.307 e. The minimum absolute atomic E-state index is 0.0131. The summed E-state index contributed by atoms with van der Waals surface area (Å²) in [7, 11) is 0. The molecule has 1 aromatic carbocycles. The van der Waals surface area contributed by atoms with Gasteiger partial charge < -0.3 is 4.57 Å². The van der Waals surface area contributed by atoms with E-state index in [0.717, 1.165) is 16.5 Å². The average Bonchev–Trinajstić information content (AvgIpc) is 2.44. The molecular weight excluding hydrogens is 262 g/mol. The molecule has 0 N–H and O–H groups in total. The van der Waals surface area contributed by atoms with Crippen molar-refractivity contribution < 1.29 is 0 Å². The van der Waals surface area contributed by atoms with Gasteiger partial charge in [0.15, 0.2) is 5.15 Å². The Morgan fingerprint density at radius 1 is 1.11 bits per heavy atom. The lowest BCUT2D eigenvalue weighted by Crippen LogP contribution is -2.21. The third-order valence-electron chi connectivity index (χ3n) is 2.95. The van der Waals surface area contributed by atoms with E-state index in [0.29, 0.717) is 6.54 Å². The van der Waals surface area contributed by atoms with Crippen molar-refractivity contribution in [3.63, 3.8) is 0 Å². The van der Waals surface area contributed by atoms with E-state index < -0.39 is 0 Å². The molecule has 0 radical (unpaired) electrons. The van der Waals surface area contributed by atoms with Crippen LogP contribution in [0.15, 0.2) is 53.7 Å². The van der Waals surface area contributed by atoms with Crippen LogP contribution in [0.5, 0.6) is 0 Å². The van der Waals surface area contributed by atoms with Gasteiger partial charge in [0.2, 0.25) is 0 Å². The summed E-state index contributed by atoms with van der Waals surface area (Å²) in [6.45, 7) is 0.449. The third-order valence-corrected chi connectivity index (χ3v) is 3.21. The predicted octanol–water partition coefficient (Wildman–Crippen LogP) is 2.49. The van der Waals surface area contributed by atoms with Gasteiger partial charge in [-0.25, -0.2) is 4.98 Å². The maximum absolute atomic E-state index is 11.9. The zero-order valence-electron chi connectivity index (χ0n) is 9.95. The van der Waals surface area contributed by atoms with Crippen LogP contribution < -0.4 is 5.56 Å². The Morgan fingerprint density at radius 3 is 2.84 bits per heavy atom. The number of benzene rings is 1. The van der Waals surface area contributed by atoms with E-state index in [9.17, 15) is 4.79 Å². The van der Waals surface area contributed by atoms with E-state index >= 15 is 0 Å². The van der Waals surface area contributed by atoms with Gasteiger partial charge in [0.25, 0.3) is 5.56 Å². The van der Waals surface area contributed by atoms with E-state index in [2.05, 4.69) is 9.97 Å². The molecule has 4 nitrogen and oxygen atoms in total. The maximum atomic E-state index is 11.9. The lowest BCUT2D eigenvalue weighted by atomic mass is 10.1. The molecule has 0 aliphatic rings. The van der Waals surface area contributed by atoms with E-state index in [1.165, 1.54) is 10.8 Å². The standard InChI is InChI=1S/C14H10ClN3O/c15-13-14(19)18(8-7-17-13)9-10-5-6-16-12-4-2-1-3-11(10)12/h1-8H,9H2. The topological polar surface area (TPSA) is 47.8 Å². The van der Waals surface area contributed by atoms with Crippen molar-refractivity contribution in [2.45, 2.75) is 6.54 Å². The van der Waals surface area contributed by atoms with Crippen LogP contribution in [0.3, 0.4) is 0 Å². The quantitative estimate of drug-likeness (QED) is 0.719. The van der Waals surface area contributed by atoms with Crippen LogP contribution in [0.4, 0.5) is 0 Å². The monoisotopic (exact) mass is 271 g/mol. The van der Waals surface area contributed by atoms with Crippen molar-refractivity contribution in [2.24, 2.45) is 0 Å².